The van der Waals surface area contributed by atoms with Crippen molar-refractivity contribution in [3.63, 3.8) is 0 Å². The van der Waals surface area contributed by atoms with Gasteiger partial charge < -0.3 is 4.74 Å². The van der Waals surface area contributed by atoms with E-state index < -0.39 is 0 Å². The number of benzene rings is 1. The summed E-state index contributed by atoms with van der Waals surface area (Å²) in [7, 11) is 1.60. The van der Waals surface area contributed by atoms with E-state index in [1.54, 1.807) is 36.2 Å². The lowest BCUT2D eigenvalue weighted by Gasteiger charge is -2.06. The van der Waals surface area contributed by atoms with E-state index in [9.17, 15) is 0 Å². The molecule has 0 unspecified atom stereocenters. The van der Waals surface area contributed by atoms with E-state index in [-0.39, 0.29) is 0 Å². The lowest BCUT2D eigenvalue weighted by atomic mass is 10.2. The fourth-order valence-corrected chi connectivity index (χ4v) is 1.74. The van der Waals surface area contributed by atoms with Gasteiger partial charge in [0.25, 0.3) is 0 Å². The standard InChI is InChI=1S/C11H8IN3O/c1-16-10-3-2-8(5-13)11(4-10)15-7-9(12)6-14-15/h2-4,6-7H,1H3. The van der Waals surface area contributed by atoms with Crippen LogP contribution in [0.25, 0.3) is 5.69 Å². The highest BCUT2D eigenvalue weighted by Crippen LogP contribution is 2.21. The molecule has 0 saturated heterocycles. The van der Waals surface area contributed by atoms with Crippen molar-refractivity contribution in [1.29, 1.82) is 5.26 Å². The van der Waals surface area contributed by atoms with E-state index in [1.165, 1.54) is 0 Å². The summed E-state index contributed by atoms with van der Waals surface area (Å²) in [5.74, 6) is 0.708. The molecule has 0 N–H and O–H groups in total. The van der Waals surface area contributed by atoms with Gasteiger partial charge in [0.05, 0.1) is 28.1 Å². The average molecular weight is 325 g/mol. The molecule has 0 bridgehead atoms. The molecule has 2 rings (SSSR count). The first-order valence-corrected chi connectivity index (χ1v) is 5.61. The van der Waals surface area contributed by atoms with Gasteiger partial charge in [-0.15, -0.1) is 0 Å². The summed E-state index contributed by atoms with van der Waals surface area (Å²) < 4.78 is 7.82. The molecule has 0 radical (unpaired) electrons. The minimum Gasteiger partial charge on any atom is -0.497 e. The number of ether oxygens (including phenoxy) is 1. The van der Waals surface area contributed by atoms with Crippen LogP contribution in [0, 0.1) is 14.9 Å². The van der Waals surface area contributed by atoms with E-state index in [1.807, 2.05) is 6.20 Å². The van der Waals surface area contributed by atoms with Crippen LogP contribution in [0.5, 0.6) is 5.75 Å². The van der Waals surface area contributed by atoms with Crippen LogP contribution < -0.4 is 4.74 Å². The van der Waals surface area contributed by atoms with Crippen LogP contribution in [-0.2, 0) is 0 Å². The number of nitriles is 1. The predicted octanol–water partition coefficient (Wildman–Crippen LogP) is 2.36. The fourth-order valence-electron chi connectivity index (χ4n) is 1.36. The van der Waals surface area contributed by atoms with Crippen molar-refractivity contribution in [3.05, 3.63) is 39.7 Å². The van der Waals surface area contributed by atoms with E-state index in [0.717, 1.165) is 9.26 Å². The van der Waals surface area contributed by atoms with Crippen molar-refractivity contribution in [1.82, 2.24) is 9.78 Å². The van der Waals surface area contributed by atoms with Gasteiger partial charge >= 0.3 is 0 Å². The lowest BCUT2D eigenvalue weighted by Crippen LogP contribution is -1.98. The molecule has 5 heteroatoms. The van der Waals surface area contributed by atoms with Gasteiger partial charge in [0.15, 0.2) is 0 Å². The molecule has 0 spiro atoms. The maximum atomic E-state index is 9.02. The highest BCUT2D eigenvalue weighted by atomic mass is 127. The van der Waals surface area contributed by atoms with Gasteiger partial charge in [0.1, 0.15) is 11.8 Å². The molecule has 1 aromatic heterocycles. The molecule has 0 aliphatic heterocycles. The van der Waals surface area contributed by atoms with Crippen LogP contribution in [0.4, 0.5) is 0 Å². The van der Waals surface area contributed by atoms with Crippen LogP contribution in [0.2, 0.25) is 0 Å². The van der Waals surface area contributed by atoms with E-state index in [0.29, 0.717) is 11.3 Å². The van der Waals surface area contributed by atoms with Gasteiger partial charge in [-0.05, 0) is 34.7 Å². The molecule has 0 fully saturated rings. The third-order valence-electron chi connectivity index (χ3n) is 2.12. The zero-order valence-corrected chi connectivity index (χ0v) is 10.7. The van der Waals surface area contributed by atoms with Gasteiger partial charge in [-0.2, -0.15) is 10.4 Å². The van der Waals surface area contributed by atoms with Gasteiger partial charge in [0, 0.05) is 12.3 Å². The Kier molecular flexibility index (Phi) is 3.10. The van der Waals surface area contributed by atoms with E-state index >= 15 is 0 Å². The highest BCUT2D eigenvalue weighted by Gasteiger charge is 2.07. The zero-order chi connectivity index (χ0) is 11.5. The number of hydrogen-bond donors (Lipinski definition) is 0. The lowest BCUT2D eigenvalue weighted by molar-refractivity contribution is 0.414. The molecule has 16 heavy (non-hydrogen) atoms. The molecule has 80 valence electrons. The summed E-state index contributed by atoms with van der Waals surface area (Å²) in [5.41, 5.74) is 1.30. The summed E-state index contributed by atoms with van der Waals surface area (Å²) in [6, 6.07) is 7.41. The summed E-state index contributed by atoms with van der Waals surface area (Å²) in [6.45, 7) is 0. The van der Waals surface area contributed by atoms with Crippen molar-refractivity contribution in [2.24, 2.45) is 0 Å². The highest BCUT2D eigenvalue weighted by molar-refractivity contribution is 14.1. The van der Waals surface area contributed by atoms with Gasteiger partial charge in [-0.3, -0.25) is 0 Å². The molecule has 0 amide bonds. The molecule has 2 aromatic rings. The molecule has 1 heterocycles. The summed E-state index contributed by atoms with van der Waals surface area (Å²) in [4.78, 5) is 0. The molecule has 0 aliphatic carbocycles. The molecule has 0 aliphatic rings. The second-order valence-electron chi connectivity index (χ2n) is 3.10. The molecule has 0 saturated carbocycles. The summed E-state index contributed by atoms with van der Waals surface area (Å²) >= 11 is 2.17. The van der Waals surface area contributed by atoms with Crippen LogP contribution >= 0.6 is 22.6 Å². The van der Waals surface area contributed by atoms with Crippen LogP contribution in [0.3, 0.4) is 0 Å². The Labute approximate surface area is 107 Å². The quantitative estimate of drug-likeness (QED) is 0.797. The van der Waals surface area contributed by atoms with Gasteiger partial charge in [0.2, 0.25) is 0 Å². The maximum absolute atomic E-state index is 9.02. The minimum atomic E-state index is 0.570. The summed E-state index contributed by atoms with van der Waals surface area (Å²) in [6.07, 6.45) is 3.59. The Hall–Kier alpha value is -1.55. The Morgan fingerprint density at radius 2 is 2.31 bits per heavy atom. The first kappa shape index (κ1) is 11.0. The van der Waals surface area contributed by atoms with Crippen molar-refractivity contribution in [2.45, 2.75) is 0 Å². The van der Waals surface area contributed by atoms with Crippen molar-refractivity contribution < 1.29 is 4.74 Å². The molecule has 0 atom stereocenters. The SMILES string of the molecule is COc1ccc(C#N)c(-n2cc(I)cn2)c1. The zero-order valence-electron chi connectivity index (χ0n) is 8.51. The monoisotopic (exact) mass is 325 g/mol. The van der Waals surface area contributed by atoms with Crippen molar-refractivity contribution in [3.8, 4) is 17.5 Å². The first-order chi connectivity index (χ1) is 7.74. The van der Waals surface area contributed by atoms with Crippen molar-refractivity contribution in [2.75, 3.05) is 7.11 Å². The Balaban J connectivity index is 2.58. The Morgan fingerprint density at radius 3 is 2.88 bits per heavy atom. The predicted molar refractivity (Wildman–Crippen MR) is 67.5 cm³/mol. The fraction of sp³-hybridized carbons (Fsp3) is 0.0909. The number of hydrogen-bond acceptors (Lipinski definition) is 3. The smallest absolute Gasteiger partial charge is 0.121 e. The van der Waals surface area contributed by atoms with Crippen molar-refractivity contribution >= 4 is 22.6 Å². The van der Waals surface area contributed by atoms with Gasteiger partial charge in [-0.1, -0.05) is 0 Å². The largest absolute Gasteiger partial charge is 0.497 e. The minimum absolute atomic E-state index is 0.570. The van der Waals surface area contributed by atoms with E-state index in [2.05, 4.69) is 33.8 Å². The average Bonchev–Trinajstić information content (AvgIpc) is 2.75. The second kappa shape index (κ2) is 4.53. The number of rotatable bonds is 2. The van der Waals surface area contributed by atoms with Crippen LogP contribution in [0.1, 0.15) is 5.56 Å². The Morgan fingerprint density at radius 1 is 1.50 bits per heavy atom. The number of methoxy groups -OCH3 is 1. The summed E-state index contributed by atoms with van der Waals surface area (Å²) in [5, 5.41) is 13.2. The molecule has 1 aromatic carbocycles. The number of halogens is 1. The topological polar surface area (TPSA) is 50.8 Å². The number of nitrogens with zero attached hydrogens (tertiary/aromatic N) is 3. The van der Waals surface area contributed by atoms with Crippen LogP contribution in [0.15, 0.2) is 30.6 Å². The third-order valence-corrected chi connectivity index (χ3v) is 2.68. The molecular weight excluding hydrogens is 317 g/mol. The molecule has 4 nitrogen and oxygen atoms in total. The van der Waals surface area contributed by atoms with Gasteiger partial charge in [-0.25, -0.2) is 4.68 Å². The molecular formula is C11H8IN3O. The van der Waals surface area contributed by atoms with E-state index in [4.69, 9.17) is 10.00 Å². The first-order valence-electron chi connectivity index (χ1n) is 4.53. The number of aromatic nitrogens is 2. The maximum Gasteiger partial charge on any atom is 0.121 e. The second-order valence-corrected chi connectivity index (χ2v) is 4.34. The Bertz CT molecular complexity index is 557. The van der Waals surface area contributed by atoms with Crippen LogP contribution in [-0.4, -0.2) is 16.9 Å². The third kappa shape index (κ3) is 2.02. The normalized spacial score (nSPS) is 9.81.